The summed E-state index contributed by atoms with van der Waals surface area (Å²) in [6.07, 6.45) is 0.967. The van der Waals surface area contributed by atoms with E-state index in [-0.39, 0.29) is 16.7 Å². The summed E-state index contributed by atoms with van der Waals surface area (Å²) in [6.45, 7) is 5.92. The van der Waals surface area contributed by atoms with Gasteiger partial charge in [0.15, 0.2) is 0 Å². The molecule has 0 unspecified atom stereocenters. The van der Waals surface area contributed by atoms with Gasteiger partial charge in [-0.15, -0.1) is 0 Å². The molecule has 150 valence electrons. The minimum Gasteiger partial charge on any atom is -0.340 e. The lowest BCUT2D eigenvalue weighted by Crippen LogP contribution is -2.44. The molecule has 0 aromatic heterocycles. The normalized spacial score (nSPS) is 17.3. The zero-order chi connectivity index (χ0) is 19.6. The van der Waals surface area contributed by atoms with Crippen LogP contribution in [0.15, 0.2) is 57.2 Å². The molecule has 2 aliphatic heterocycles. The average Bonchev–Trinajstić information content (AvgIpc) is 2.67. The highest BCUT2D eigenvalue weighted by atomic mass is 32.2. The van der Waals surface area contributed by atoms with E-state index in [2.05, 4.69) is 27.2 Å². The van der Waals surface area contributed by atoms with Crippen LogP contribution in [-0.4, -0.2) is 49.7 Å². The lowest BCUT2D eigenvalue weighted by Gasteiger charge is -2.34. The number of piperazine rings is 1. The van der Waals surface area contributed by atoms with Gasteiger partial charge in [0.1, 0.15) is 0 Å². The molecule has 4 rings (SSSR count). The van der Waals surface area contributed by atoms with Gasteiger partial charge in [-0.25, -0.2) is 0 Å². The lowest BCUT2D eigenvalue weighted by molar-refractivity contribution is -0.0328. The van der Waals surface area contributed by atoms with Gasteiger partial charge in [-0.2, -0.15) is 13.2 Å². The Morgan fingerprint density at radius 1 is 0.964 bits per heavy atom. The number of nitrogens with one attached hydrogen (secondary N) is 1. The summed E-state index contributed by atoms with van der Waals surface area (Å²) in [5.74, 6) is 0. The van der Waals surface area contributed by atoms with E-state index in [0.29, 0.717) is 0 Å². The first-order chi connectivity index (χ1) is 13.5. The molecule has 0 amide bonds. The third kappa shape index (κ3) is 4.79. The number of rotatable bonds is 5. The molecule has 0 aliphatic carbocycles. The van der Waals surface area contributed by atoms with Crippen LogP contribution in [0.2, 0.25) is 0 Å². The summed E-state index contributed by atoms with van der Waals surface area (Å²) in [7, 11) is 0. The standard InChI is InChI=1S/C20H22F3N3S2/c21-20(22,23)28-15-6-7-19-17(14-15)26(16-4-1-2-5-18(16)27-19)11-3-10-25-12-8-24-9-13-25/h1-2,4-7,14,24H,3,8-13H2. The Labute approximate surface area is 171 Å². The molecule has 1 N–H and O–H groups in total. The van der Waals surface area contributed by atoms with Crippen molar-refractivity contribution in [3.8, 4) is 0 Å². The fourth-order valence-corrected chi connectivity index (χ4v) is 5.28. The highest BCUT2D eigenvalue weighted by Gasteiger charge is 2.31. The summed E-state index contributed by atoms with van der Waals surface area (Å²) in [6, 6.07) is 13.2. The van der Waals surface area contributed by atoms with Gasteiger partial charge in [-0.1, -0.05) is 23.9 Å². The first kappa shape index (κ1) is 19.9. The summed E-state index contributed by atoms with van der Waals surface area (Å²) < 4.78 is 38.6. The number of hydrogen-bond acceptors (Lipinski definition) is 5. The number of alkyl halides is 3. The van der Waals surface area contributed by atoms with Crippen LogP contribution < -0.4 is 10.2 Å². The molecular weight excluding hydrogens is 403 g/mol. The van der Waals surface area contributed by atoms with E-state index in [1.54, 1.807) is 23.9 Å². The molecule has 0 radical (unpaired) electrons. The van der Waals surface area contributed by atoms with Gasteiger partial charge in [-0.05, 0) is 55.1 Å². The third-order valence-corrected chi connectivity index (χ3v) is 6.75. The fourth-order valence-electron chi connectivity index (χ4n) is 3.63. The summed E-state index contributed by atoms with van der Waals surface area (Å²) in [4.78, 5) is 7.01. The highest BCUT2D eigenvalue weighted by molar-refractivity contribution is 8.00. The zero-order valence-corrected chi connectivity index (χ0v) is 17.0. The molecule has 1 saturated heterocycles. The van der Waals surface area contributed by atoms with Crippen molar-refractivity contribution in [1.82, 2.24) is 10.2 Å². The van der Waals surface area contributed by atoms with E-state index >= 15 is 0 Å². The molecule has 2 aromatic carbocycles. The molecule has 2 heterocycles. The van der Waals surface area contributed by atoms with Crippen molar-refractivity contribution < 1.29 is 13.2 Å². The maximum atomic E-state index is 12.9. The predicted molar refractivity (Wildman–Crippen MR) is 110 cm³/mol. The number of fused-ring (bicyclic) bond motifs is 2. The van der Waals surface area contributed by atoms with Gasteiger partial charge < -0.3 is 15.1 Å². The molecule has 2 aliphatic rings. The van der Waals surface area contributed by atoms with Crippen LogP contribution in [0.3, 0.4) is 0 Å². The second-order valence-corrected chi connectivity index (χ2v) is 9.07. The van der Waals surface area contributed by atoms with Crippen molar-refractivity contribution in [3.63, 3.8) is 0 Å². The van der Waals surface area contributed by atoms with Crippen LogP contribution in [-0.2, 0) is 0 Å². The summed E-state index contributed by atoms with van der Waals surface area (Å²) in [5.41, 5.74) is -2.33. The van der Waals surface area contributed by atoms with E-state index < -0.39 is 5.51 Å². The van der Waals surface area contributed by atoms with Crippen molar-refractivity contribution >= 4 is 34.9 Å². The Morgan fingerprint density at radius 3 is 2.50 bits per heavy atom. The van der Waals surface area contributed by atoms with E-state index in [0.717, 1.165) is 66.9 Å². The van der Waals surface area contributed by atoms with Gasteiger partial charge in [-0.3, -0.25) is 0 Å². The Hall–Kier alpha value is -1.35. The summed E-state index contributed by atoms with van der Waals surface area (Å²) >= 11 is 1.58. The van der Waals surface area contributed by atoms with Crippen molar-refractivity contribution in [2.45, 2.75) is 26.6 Å². The minimum absolute atomic E-state index is 0.0476. The number of hydrogen-bond donors (Lipinski definition) is 1. The first-order valence-corrected chi connectivity index (χ1v) is 11.0. The monoisotopic (exact) mass is 425 g/mol. The van der Waals surface area contributed by atoms with E-state index in [1.807, 2.05) is 18.2 Å². The van der Waals surface area contributed by atoms with Crippen molar-refractivity contribution in [3.05, 3.63) is 42.5 Å². The van der Waals surface area contributed by atoms with Crippen LogP contribution in [0.25, 0.3) is 0 Å². The Balaban J connectivity index is 1.56. The quantitative estimate of drug-likeness (QED) is 0.662. The zero-order valence-electron chi connectivity index (χ0n) is 15.3. The number of halogens is 3. The number of benzene rings is 2. The smallest absolute Gasteiger partial charge is 0.340 e. The number of nitrogens with zero attached hydrogens (tertiary/aromatic N) is 2. The Kier molecular flexibility index (Phi) is 6.10. The maximum Gasteiger partial charge on any atom is 0.446 e. The van der Waals surface area contributed by atoms with Crippen LogP contribution in [0.4, 0.5) is 24.5 Å². The second-order valence-electron chi connectivity index (χ2n) is 6.84. The topological polar surface area (TPSA) is 18.5 Å². The molecule has 28 heavy (non-hydrogen) atoms. The maximum absolute atomic E-state index is 12.9. The van der Waals surface area contributed by atoms with Gasteiger partial charge >= 0.3 is 5.51 Å². The molecule has 3 nitrogen and oxygen atoms in total. The third-order valence-electron chi connectivity index (χ3n) is 4.90. The molecule has 0 saturated carbocycles. The van der Waals surface area contributed by atoms with Crippen molar-refractivity contribution in [2.24, 2.45) is 0 Å². The van der Waals surface area contributed by atoms with E-state index in [9.17, 15) is 13.2 Å². The highest BCUT2D eigenvalue weighted by Crippen LogP contribution is 2.50. The Bertz CT molecular complexity index is 823. The Morgan fingerprint density at radius 2 is 1.71 bits per heavy atom. The van der Waals surface area contributed by atoms with Crippen LogP contribution in [0, 0.1) is 0 Å². The molecule has 0 bridgehead atoms. The van der Waals surface area contributed by atoms with Gasteiger partial charge in [0.05, 0.1) is 11.4 Å². The lowest BCUT2D eigenvalue weighted by atomic mass is 10.2. The van der Waals surface area contributed by atoms with Gasteiger partial charge in [0, 0.05) is 47.4 Å². The average molecular weight is 426 g/mol. The molecular formula is C20H22F3N3S2. The number of para-hydroxylation sites is 1. The second kappa shape index (κ2) is 8.57. The SMILES string of the molecule is FC(F)(F)Sc1ccc2c(c1)N(CCCN1CCNCC1)c1ccccc1S2. The first-order valence-electron chi connectivity index (χ1n) is 9.37. The molecule has 0 atom stereocenters. The predicted octanol–water partition coefficient (Wildman–Crippen LogP) is 5.20. The fraction of sp³-hybridized carbons (Fsp3) is 0.400. The van der Waals surface area contributed by atoms with E-state index in [1.165, 1.54) is 0 Å². The van der Waals surface area contributed by atoms with Crippen LogP contribution in [0.1, 0.15) is 6.42 Å². The van der Waals surface area contributed by atoms with Gasteiger partial charge in [0.25, 0.3) is 0 Å². The van der Waals surface area contributed by atoms with Crippen molar-refractivity contribution in [2.75, 3.05) is 44.2 Å². The van der Waals surface area contributed by atoms with Gasteiger partial charge in [0.2, 0.25) is 0 Å². The number of thioether (sulfide) groups is 1. The molecule has 8 heteroatoms. The van der Waals surface area contributed by atoms with E-state index in [4.69, 9.17) is 0 Å². The largest absolute Gasteiger partial charge is 0.446 e. The summed E-state index contributed by atoms with van der Waals surface area (Å²) in [5, 5.41) is 3.36. The molecule has 0 spiro atoms. The number of anilines is 2. The molecule has 1 fully saturated rings. The van der Waals surface area contributed by atoms with Crippen molar-refractivity contribution in [1.29, 1.82) is 0 Å². The molecule has 2 aromatic rings. The van der Waals surface area contributed by atoms with Crippen LogP contribution >= 0.6 is 23.5 Å². The van der Waals surface area contributed by atoms with Crippen LogP contribution in [0.5, 0.6) is 0 Å². The minimum atomic E-state index is -4.28.